The summed E-state index contributed by atoms with van der Waals surface area (Å²) >= 11 is 6.00. The molecule has 6 heteroatoms. The molecule has 0 aliphatic carbocycles. The molecular weight excluding hydrogens is 286 g/mol. The van der Waals surface area contributed by atoms with Gasteiger partial charge in [0.15, 0.2) is 11.6 Å². The second kappa shape index (κ2) is 7.31. The van der Waals surface area contributed by atoms with Crippen molar-refractivity contribution >= 4 is 11.6 Å². The van der Waals surface area contributed by atoms with Crippen LogP contribution in [0, 0.1) is 11.6 Å². The number of piperazine rings is 1. The molecule has 1 N–H and O–H groups in total. The Hall–Kier alpha value is -0.750. The summed E-state index contributed by atoms with van der Waals surface area (Å²) in [6, 6.07) is 1.51. The number of methoxy groups -OCH3 is 1. The summed E-state index contributed by atoms with van der Waals surface area (Å²) in [4.78, 5) is 2.23. The highest BCUT2D eigenvalue weighted by Gasteiger charge is 2.18. The van der Waals surface area contributed by atoms with Crippen molar-refractivity contribution in [2.75, 3.05) is 39.8 Å². The standard InChI is InChI=1S/C14H19ClF2N2O/c1-20-9-11-12(15)8-10(13(16)14(11)17)2-5-19-6-3-18-4-7-19/h8,18H,2-7,9H2,1H3. The first-order valence-corrected chi connectivity index (χ1v) is 7.08. The van der Waals surface area contributed by atoms with Crippen molar-refractivity contribution in [2.45, 2.75) is 13.0 Å². The van der Waals surface area contributed by atoms with Gasteiger partial charge in [-0.15, -0.1) is 0 Å². The normalized spacial score (nSPS) is 16.6. The summed E-state index contributed by atoms with van der Waals surface area (Å²) in [6.07, 6.45) is 0.454. The first kappa shape index (κ1) is 15.6. The van der Waals surface area contributed by atoms with E-state index in [-0.39, 0.29) is 17.2 Å². The molecule has 0 radical (unpaired) electrons. The van der Waals surface area contributed by atoms with Crippen molar-refractivity contribution in [2.24, 2.45) is 0 Å². The molecule has 1 aromatic rings. The maximum atomic E-state index is 14.0. The fourth-order valence-electron chi connectivity index (χ4n) is 2.35. The Morgan fingerprint density at radius 1 is 1.30 bits per heavy atom. The summed E-state index contributed by atoms with van der Waals surface area (Å²) in [6.45, 7) is 4.41. The lowest BCUT2D eigenvalue weighted by molar-refractivity contribution is 0.180. The summed E-state index contributed by atoms with van der Waals surface area (Å²) in [5, 5.41) is 3.48. The average Bonchev–Trinajstić information content (AvgIpc) is 2.47. The van der Waals surface area contributed by atoms with Gasteiger partial charge in [-0.05, 0) is 18.1 Å². The molecule has 1 aromatic carbocycles. The summed E-state index contributed by atoms with van der Waals surface area (Å²) < 4.78 is 32.7. The number of halogens is 3. The van der Waals surface area contributed by atoms with Crippen LogP contribution in [0.4, 0.5) is 8.78 Å². The van der Waals surface area contributed by atoms with Gasteiger partial charge < -0.3 is 15.0 Å². The molecule has 0 atom stereocenters. The Bertz CT molecular complexity index is 465. The van der Waals surface area contributed by atoms with Crippen molar-refractivity contribution in [3.8, 4) is 0 Å². The highest BCUT2D eigenvalue weighted by molar-refractivity contribution is 6.31. The average molecular weight is 305 g/mol. The number of nitrogens with zero attached hydrogens (tertiary/aromatic N) is 1. The number of benzene rings is 1. The zero-order chi connectivity index (χ0) is 14.5. The van der Waals surface area contributed by atoms with Crippen molar-refractivity contribution in [3.05, 3.63) is 33.9 Å². The third-order valence-electron chi connectivity index (χ3n) is 3.52. The summed E-state index contributed by atoms with van der Waals surface area (Å²) in [7, 11) is 1.42. The predicted molar refractivity (Wildman–Crippen MR) is 75.1 cm³/mol. The monoisotopic (exact) mass is 304 g/mol. The lowest BCUT2D eigenvalue weighted by atomic mass is 10.1. The van der Waals surface area contributed by atoms with Gasteiger partial charge in [-0.1, -0.05) is 11.6 Å². The quantitative estimate of drug-likeness (QED) is 0.844. The maximum absolute atomic E-state index is 14.0. The minimum atomic E-state index is -0.894. The zero-order valence-electron chi connectivity index (χ0n) is 11.5. The first-order chi connectivity index (χ1) is 9.63. The van der Waals surface area contributed by atoms with E-state index in [1.165, 1.54) is 13.2 Å². The molecule has 0 bridgehead atoms. The van der Waals surface area contributed by atoms with Gasteiger partial charge in [0.25, 0.3) is 0 Å². The Balaban J connectivity index is 2.07. The van der Waals surface area contributed by atoms with Gasteiger partial charge in [0.2, 0.25) is 0 Å². The highest BCUT2D eigenvalue weighted by atomic mass is 35.5. The van der Waals surface area contributed by atoms with E-state index in [0.717, 1.165) is 26.2 Å². The molecule has 1 fully saturated rings. The van der Waals surface area contributed by atoms with Crippen LogP contribution in [0.25, 0.3) is 0 Å². The second-order valence-corrected chi connectivity index (χ2v) is 5.31. The lowest BCUT2D eigenvalue weighted by Crippen LogP contribution is -2.44. The molecule has 20 heavy (non-hydrogen) atoms. The van der Waals surface area contributed by atoms with Crippen LogP contribution in [-0.4, -0.2) is 44.7 Å². The summed E-state index contributed by atoms with van der Waals surface area (Å²) in [5.74, 6) is -1.70. The lowest BCUT2D eigenvalue weighted by Gasteiger charge is -2.27. The van der Waals surface area contributed by atoms with Crippen LogP contribution in [0.2, 0.25) is 5.02 Å². The Labute approximate surface area is 122 Å². The fourth-order valence-corrected chi connectivity index (χ4v) is 2.62. The predicted octanol–water partition coefficient (Wildman–Crippen LogP) is 2.21. The minimum absolute atomic E-state index is 0.0281. The van der Waals surface area contributed by atoms with Crippen LogP contribution in [-0.2, 0) is 17.8 Å². The number of ether oxygens (including phenoxy) is 1. The van der Waals surface area contributed by atoms with E-state index in [1.54, 1.807) is 0 Å². The van der Waals surface area contributed by atoms with E-state index in [9.17, 15) is 8.78 Å². The number of hydrogen-bond donors (Lipinski definition) is 1. The Morgan fingerprint density at radius 3 is 2.65 bits per heavy atom. The minimum Gasteiger partial charge on any atom is -0.380 e. The number of nitrogens with one attached hydrogen (secondary N) is 1. The van der Waals surface area contributed by atoms with E-state index in [4.69, 9.17) is 16.3 Å². The molecule has 1 aliphatic heterocycles. The van der Waals surface area contributed by atoms with Gasteiger partial charge in [0, 0.05) is 50.4 Å². The first-order valence-electron chi connectivity index (χ1n) is 6.70. The number of hydrogen-bond acceptors (Lipinski definition) is 3. The third-order valence-corrected chi connectivity index (χ3v) is 3.86. The van der Waals surface area contributed by atoms with Gasteiger partial charge in [-0.25, -0.2) is 8.78 Å². The molecule has 0 aromatic heterocycles. The van der Waals surface area contributed by atoms with Crippen molar-refractivity contribution < 1.29 is 13.5 Å². The van der Waals surface area contributed by atoms with Crippen molar-refractivity contribution in [3.63, 3.8) is 0 Å². The molecule has 2 rings (SSSR count). The van der Waals surface area contributed by atoms with Gasteiger partial charge in [0.05, 0.1) is 6.61 Å². The van der Waals surface area contributed by atoms with E-state index in [1.807, 2.05) is 0 Å². The maximum Gasteiger partial charge on any atom is 0.166 e. The van der Waals surface area contributed by atoms with E-state index in [0.29, 0.717) is 18.5 Å². The second-order valence-electron chi connectivity index (χ2n) is 4.90. The fraction of sp³-hybridized carbons (Fsp3) is 0.571. The molecule has 112 valence electrons. The number of rotatable bonds is 5. The molecule has 1 aliphatic rings. The van der Waals surface area contributed by atoms with Gasteiger partial charge >= 0.3 is 0 Å². The van der Waals surface area contributed by atoms with E-state index in [2.05, 4.69) is 10.2 Å². The van der Waals surface area contributed by atoms with Crippen LogP contribution in [0.15, 0.2) is 6.07 Å². The van der Waals surface area contributed by atoms with Crippen LogP contribution < -0.4 is 5.32 Å². The van der Waals surface area contributed by atoms with Gasteiger partial charge in [0.1, 0.15) is 0 Å². The largest absolute Gasteiger partial charge is 0.380 e. The van der Waals surface area contributed by atoms with Crippen molar-refractivity contribution in [1.29, 1.82) is 0 Å². The zero-order valence-corrected chi connectivity index (χ0v) is 12.3. The molecular formula is C14H19ClF2N2O. The molecule has 0 spiro atoms. The molecule has 0 unspecified atom stereocenters. The molecule has 0 amide bonds. The van der Waals surface area contributed by atoms with Crippen LogP contribution in [0.3, 0.4) is 0 Å². The van der Waals surface area contributed by atoms with Crippen LogP contribution in [0.1, 0.15) is 11.1 Å². The highest BCUT2D eigenvalue weighted by Crippen LogP contribution is 2.26. The Morgan fingerprint density at radius 2 is 2.00 bits per heavy atom. The smallest absolute Gasteiger partial charge is 0.166 e. The molecule has 0 saturated carbocycles. The third kappa shape index (κ3) is 3.67. The topological polar surface area (TPSA) is 24.5 Å². The van der Waals surface area contributed by atoms with E-state index < -0.39 is 11.6 Å². The van der Waals surface area contributed by atoms with Gasteiger partial charge in [-0.3, -0.25) is 0 Å². The summed E-state index contributed by atoms with van der Waals surface area (Å²) in [5.41, 5.74) is 0.406. The van der Waals surface area contributed by atoms with Crippen LogP contribution >= 0.6 is 11.6 Å². The molecule has 1 heterocycles. The Kier molecular flexibility index (Phi) is 5.72. The van der Waals surface area contributed by atoms with Crippen LogP contribution in [0.5, 0.6) is 0 Å². The van der Waals surface area contributed by atoms with Gasteiger partial charge in [-0.2, -0.15) is 0 Å². The molecule has 3 nitrogen and oxygen atoms in total. The molecule has 1 saturated heterocycles. The van der Waals surface area contributed by atoms with Crippen molar-refractivity contribution in [1.82, 2.24) is 10.2 Å². The van der Waals surface area contributed by atoms with E-state index >= 15 is 0 Å². The SMILES string of the molecule is COCc1c(Cl)cc(CCN2CCNCC2)c(F)c1F.